The Labute approximate surface area is 91.8 Å². The van der Waals surface area contributed by atoms with Crippen molar-refractivity contribution in [3.63, 3.8) is 0 Å². The molecule has 2 unspecified atom stereocenters. The molecular formula is C11H22N2O2. The van der Waals surface area contributed by atoms with Crippen molar-refractivity contribution in [1.82, 2.24) is 4.90 Å². The molecule has 1 rings (SSSR count). The molecule has 1 saturated heterocycles. The van der Waals surface area contributed by atoms with Crippen molar-refractivity contribution < 1.29 is 9.53 Å². The highest BCUT2D eigenvalue weighted by molar-refractivity contribution is 5.81. The summed E-state index contributed by atoms with van der Waals surface area (Å²) in [6.45, 7) is 5.55. The molecule has 0 aromatic rings. The smallest absolute Gasteiger partial charge is 0.239 e. The second-order valence-corrected chi connectivity index (χ2v) is 4.70. The van der Waals surface area contributed by atoms with Crippen molar-refractivity contribution in [1.29, 1.82) is 0 Å². The van der Waals surface area contributed by atoms with Gasteiger partial charge in [0.1, 0.15) is 0 Å². The topological polar surface area (TPSA) is 55.6 Å². The van der Waals surface area contributed by atoms with Crippen molar-refractivity contribution in [3.8, 4) is 0 Å². The van der Waals surface area contributed by atoms with Crippen LogP contribution in [0.3, 0.4) is 0 Å². The van der Waals surface area contributed by atoms with Crippen LogP contribution in [0.15, 0.2) is 0 Å². The molecule has 0 aromatic carbocycles. The van der Waals surface area contributed by atoms with Crippen LogP contribution in [-0.4, -0.2) is 43.2 Å². The fourth-order valence-corrected chi connectivity index (χ4v) is 1.88. The zero-order valence-corrected chi connectivity index (χ0v) is 9.90. The minimum absolute atomic E-state index is 0.0409. The molecule has 0 spiro atoms. The van der Waals surface area contributed by atoms with Gasteiger partial charge in [0.2, 0.25) is 5.91 Å². The molecule has 1 aliphatic heterocycles. The summed E-state index contributed by atoms with van der Waals surface area (Å²) < 4.78 is 5.25. The van der Waals surface area contributed by atoms with Crippen LogP contribution in [0.2, 0.25) is 0 Å². The van der Waals surface area contributed by atoms with Gasteiger partial charge in [0, 0.05) is 13.7 Å². The quantitative estimate of drug-likeness (QED) is 0.746. The molecule has 0 aromatic heterocycles. The Hall–Kier alpha value is -0.610. The third kappa shape index (κ3) is 3.47. The average molecular weight is 214 g/mol. The van der Waals surface area contributed by atoms with E-state index in [1.54, 1.807) is 4.90 Å². The molecule has 1 fully saturated rings. The van der Waals surface area contributed by atoms with Crippen molar-refractivity contribution in [2.45, 2.75) is 38.8 Å². The third-order valence-electron chi connectivity index (χ3n) is 2.84. The lowest BCUT2D eigenvalue weighted by Crippen LogP contribution is -2.47. The monoisotopic (exact) mass is 214 g/mol. The van der Waals surface area contributed by atoms with Crippen molar-refractivity contribution >= 4 is 5.91 Å². The second-order valence-electron chi connectivity index (χ2n) is 4.70. The summed E-state index contributed by atoms with van der Waals surface area (Å²) in [6, 6.07) is -0.147. The molecule has 4 nitrogen and oxygen atoms in total. The maximum absolute atomic E-state index is 11.9. The zero-order chi connectivity index (χ0) is 11.4. The Morgan fingerprint density at radius 1 is 1.60 bits per heavy atom. The first-order valence-corrected chi connectivity index (χ1v) is 5.62. The lowest BCUT2D eigenvalue weighted by atomic mass is 10.0. The molecule has 1 heterocycles. The largest absolute Gasteiger partial charge is 0.379 e. The molecule has 0 saturated carbocycles. The van der Waals surface area contributed by atoms with Crippen LogP contribution in [0.1, 0.15) is 26.7 Å². The first-order chi connectivity index (χ1) is 7.02. The normalized spacial score (nSPS) is 23.1. The fourth-order valence-electron chi connectivity index (χ4n) is 1.88. The molecule has 2 atom stereocenters. The van der Waals surface area contributed by atoms with E-state index in [1.165, 1.54) is 0 Å². The predicted octanol–water partition coefficient (Wildman–Crippen LogP) is 0.607. The van der Waals surface area contributed by atoms with E-state index in [0.717, 1.165) is 19.4 Å². The van der Waals surface area contributed by atoms with Gasteiger partial charge in [0.25, 0.3) is 0 Å². The van der Waals surface area contributed by atoms with Gasteiger partial charge in [-0.1, -0.05) is 13.8 Å². The maximum atomic E-state index is 11.9. The number of hydrogen-bond acceptors (Lipinski definition) is 3. The molecule has 15 heavy (non-hydrogen) atoms. The van der Waals surface area contributed by atoms with Crippen molar-refractivity contribution in [2.75, 3.05) is 20.3 Å². The standard InChI is InChI=1S/C11H22N2O2/c1-8(2)6-10(12)11(14)13(3)9-4-5-15-7-9/h8-10H,4-7,12H2,1-3H3. The molecular weight excluding hydrogens is 192 g/mol. The average Bonchev–Trinajstić information content (AvgIpc) is 2.67. The van der Waals surface area contributed by atoms with Gasteiger partial charge in [-0.3, -0.25) is 4.79 Å². The van der Waals surface area contributed by atoms with Gasteiger partial charge < -0.3 is 15.4 Å². The lowest BCUT2D eigenvalue weighted by molar-refractivity contribution is -0.133. The van der Waals surface area contributed by atoms with Crippen LogP contribution >= 0.6 is 0 Å². The Morgan fingerprint density at radius 2 is 2.27 bits per heavy atom. The number of hydrogen-bond donors (Lipinski definition) is 1. The number of carbonyl (C=O) groups excluding carboxylic acids is 1. The van der Waals surface area contributed by atoms with Crippen molar-refractivity contribution in [3.05, 3.63) is 0 Å². The number of carbonyl (C=O) groups is 1. The number of rotatable bonds is 4. The van der Waals surface area contributed by atoms with Crippen LogP contribution in [0.25, 0.3) is 0 Å². The van der Waals surface area contributed by atoms with Crippen LogP contribution in [0.5, 0.6) is 0 Å². The van der Waals surface area contributed by atoms with Gasteiger partial charge in [-0.05, 0) is 18.8 Å². The van der Waals surface area contributed by atoms with Gasteiger partial charge in [-0.15, -0.1) is 0 Å². The summed E-state index contributed by atoms with van der Waals surface area (Å²) in [7, 11) is 1.82. The minimum atomic E-state index is -0.365. The van der Waals surface area contributed by atoms with Gasteiger partial charge in [0.15, 0.2) is 0 Å². The van der Waals surface area contributed by atoms with Crippen LogP contribution < -0.4 is 5.73 Å². The first-order valence-electron chi connectivity index (χ1n) is 5.62. The molecule has 0 radical (unpaired) electrons. The zero-order valence-electron chi connectivity index (χ0n) is 9.90. The van der Waals surface area contributed by atoms with Gasteiger partial charge >= 0.3 is 0 Å². The molecule has 1 aliphatic rings. The van der Waals surface area contributed by atoms with E-state index in [9.17, 15) is 4.79 Å². The van der Waals surface area contributed by atoms with E-state index in [0.29, 0.717) is 12.5 Å². The maximum Gasteiger partial charge on any atom is 0.239 e. The molecule has 88 valence electrons. The number of nitrogens with zero attached hydrogens (tertiary/aromatic N) is 1. The Kier molecular flexibility index (Phi) is 4.54. The Balaban J connectivity index is 2.43. The minimum Gasteiger partial charge on any atom is -0.379 e. The Bertz CT molecular complexity index is 213. The molecule has 0 bridgehead atoms. The van der Waals surface area contributed by atoms with Crippen LogP contribution in [0, 0.1) is 5.92 Å². The highest BCUT2D eigenvalue weighted by atomic mass is 16.5. The summed E-state index contributed by atoms with van der Waals surface area (Å²) in [5.41, 5.74) is 5.85. The number of likely N-dealkylation sites (N-methyl/N-ethyl adjacent to an activating group) is 1. The highest BCUT2D eigenvalue weighted by Gasteiger charge is 2.27. The number of nitrogens with two attached hydrogens (primary N) is 1. The third-order valence-corrected chi connectivity index (χ3v) is 2.84. The summed E-state index contributed by atoms with van der Waals surface area (Å²) >= 11 is 0. The van der Waals surface area contributed by atoms with E-state index in [-0.39, 0.29) is 18.0 Å². The first kappa shape index (κ1) is 12.5. The van der Waals surface area contributed by atoms with Gasteiger partial charge in [-0.2, -0.15) is 0 Å². The summed E-state index contributed by atoms with van der Waals surface area (Å²) in [4.78, 5) is 13.7. The summed E-state index contributed by atoms with van der Waals surface area (Å²) in [6.07, 6.45) is 1.67. The number of ether oxygens (including phenoxy) is 1. The Morgan fingerprint density at radius 3 is 2.73 bits per heavy atom. The van der Waals surface area contributed by atoms with Gasteiger partial charge in [0.05, 0.1) is 18.7 Å². The van der Waals surface area contributed by atoms with E-state index in [2.05, 4.69) is 13.8 Å². The van der Waals surface area contributed by atoms with E-state index in [4.69, 9.17) is 10.5 Å². The van der Waals surface area contributed by atoms with Crippen LogP contribution in [-0.2, 0) is 9.53 Å². The van der Waals surface area contributed by atoms with E-state index < -0.39 is 0 Å². The van der Waals surface area contributed by atoms with Crippen molar-refractivity contribution in [2.24, 2.45) is 11.7 Å². The summed E-state index contributed by atoms with van der Waals surface area (Å²) in [5.74, 6) is 0.497. The second kappa shape index (κ2) is 5.47. The molecule has 0 aliphatic carbocycles. The predicted molar refractivity (Wildman–Crippen MR) is 59.4 cm³/mol. The fraction of sp³-hybridized carbons (Fsp3) is 0.909. The molecule has 2 N–H and O–H groups in total. The molecule has 4 heteroatoms. The van der Waals surface area contributed by atoms with E-state index in [1.807, 2.05) is 7.05 Å². The number of amides is 1. The van der Waals surface area contributed by atoms with Crippen LogP contribution in [0.4, 0.5) is 0 Å². The molecule has 1 amide bonds. The van der Waals surface area contributed by atoms with E-state index >= 15 is 0 Å². The summed E-state index contributed by atoms with van der Waals surface area (Å²) in [5, 5.41) is 0. The SMILES string of the molecule is CC(C)CC(N)C(=O)N(C)C1CCOC1. The lowest BCUT2D eigenvalue weighted by Gasteiger charge is -2.26. The van der Waals surface area contributed by atoms with Gasteiger partial charge in [-0.25, -0.2) is 0 Å². The highest BCUT2D eigenvalue weighted by Crippen LogP contribution is 2.13.